The Labute approximate surface area is 127 Å². The van der Waals surface area contributed by atoms with Crippen molar-refractivity contribution in [2.45, 2.75) is 25.8 Å². The van der Waals surface area contributed by atoms with Gasteiger partial charge in [-0.3, -0.25) is 4.79 Å². The second-order valence-electron chi connectivity index (χ2n) is 5.01. The van der Waals surface area contributed by atoms with E-state index in [-0.39, 0.29) is 11.9 Å². The number of hydrogen-bond donors (Lipinski definition) is 2. The van der Waals surface area contributed by atoms with Gasteiger partial charge in [0.05, 0.1) is 17.1 Å². The Morgan fingerprint density at radius 3 is 2.95 bits per heavy atom. The third-order valence-corrected chi connectivity index (χ3v) is 4.31. The lowest BCUT2D eigenvalue weighted by Crippen LogP contribution is -2.27. The Morgan fingerprint density at radius 1 is 1.33 bits per heavy atom. The average Bonchev–Trinajstić information content (AvgIpc) is 3.14. The van der Waals surface area contributed by atoms with Crippen LogP contribution in [0.2, 0.25) is 0 Å². The van der Waals surface area contributed by atoms with E-state index >= 15 is 0 Å². The van der Waals surface area contributed by atoms with Gasteiger partial charge in [-0.15, -0.1) is 11.3 Å². The number of aromatic nitrogens is 2. The molecule has 1 atom stereocenters. The van der Waals surface area contributed by atoms with Gasteiger partial charge in [0.15, 0.2) is 0 Å². The Kier molecular flexibility index (Phi) is 4.01. The standard InChI is InChI=1S/C16H17N3OS/c1-11(16-18-13-6-2-3-7-14(13)19-16)17-15(20)9-8-12-5-4-10-21-12/h2-7,10-11H,8-9H2,1H3,(H,17,20)(H,18,19)/t11-/m0/s1. The number of hydrogen-bond acceptors (Lipinski definition) is 3. The van der Waals surface area contributed by atoms with Crippen LogP contribution in [0, 0.1) is 0 Å². The van der Waals surface area contributed by atoms with E-state index in [0.29, 0.717) is 6.42 Å². The highest BCUT2D eigenvalue weighted by atomic mass is 32.1. The van der Waals surface area contributed by atoms with Crippen LogP contribution in [0.3, 0.4) is 0 Å². The van der Waals surface area contributed by atoms with E-state index in [1.165, 1.54) is 4.88 Å². The second-order valence-corrected chi connectivity index (χ2v) is 6.04. The predicted molar refractivity (Wildman–Crippen MR) is 85.3 cm³/mol. The fourth-order valence-electron chi connectivity index (χ4n) is 2.25. The van der Waals surface area contributed by atoms with Crippen molar-refractivity contribution < 1.29 is 4.79 Å². The van der Waals surface area contributed by atoms with Crippen molar-refractivity contribution in [2.24, 2.45) is 0 Å². The summed E-state index contributed by atoms with van der Waals surface area (Å²) >= 11 is 1.68. The van der Waals surface area contributed by atoms with Gasteiger partial charge in [0.1, 0.15) is 5.82 Å². The normalized spacial score (nSPS) is 12.4. The largest absolute Gasteiger partial charge is 0.346 e. The van der Waals surface area contributed by atoms with Crippen molar-refractivity contribution in [3.8, 4) is 0 Å². The Bertz CT molecular complexity index is 700. The summed E-state index contributed by atoms with van der Waals surface area (Å²) in [6.07, 6.45) is 1.29. The van der Waals surface area contributed by atoms with Gasteiger partial charge >= 0.3 is 0 Å². The van der Waals surface area contributed by atoms with E-state index in [4.69, 9.17) is 0 Å². The molecule has 0 fully saturated rings. The quantitative estimate of drug-likeness (QED) is 0.758. The number of carbonyl (C=O) groups excluding carboxylic acids is 1. The molecule has 2 N–H and O–H groups in total. The topological polar surface area (TPSA) is 57.8 Å². The monoisotopic (exact) mass is 299 g/mol. The molecule has 1 aromatic carbocycles. The lowest BCUT2D eigenvalue weighted by molar-refractivity contribution is -0.121. The number of para-hydroxylation sites is 2. The van der Waals surface area contributed by atoms with Crippen LogP contribution in [0.25, 0.3) is 11.0 Å². The van der Waals surface area contributed by atoms with Gasteiger partial charge in [-0.05, 0) is 36.9 Å². The summed E-state index contributed by atoms with van der Waals surface area (Å²) < 4.78 is 0. The smallest absolute Gasteiger partial charge is 0.220 e. The number of imidazole rings is 1. The van der Waals surface area contributed by atoms with E-state index in [1.807, 2.05) is 42.6 Å². The van der Waals surface area contributed by atoms with Gasteiger partial charge in [-0.25, -0.2) is 4.98 Å². The van der Waals surface area contributed by atoms with E-state index in [1.54, 1.807) is 11.3 Å². The molecule has 0 aliphatic heterocycles. The minimum Gasteiger partial charge on any atom is -0.346 e. The molecule has 21 heavy (non-hydrogen) atoms. The summed E-state index contributed by atoms with van der Waals surface area (Å²) in [5, 5.41) is 5.02. The van der Waals surface area contributed by atoms with Crippen LogP contribution < -0.4 is 5.32 Å². The van der Waals surface area contributed by atoms with Crippen LogP contribution in [0.15, 0.2) is 41.8 Å². The lowest BCUT2D eigenvalue weighted by atomic mass is 10.2. The number of carbonyl (C=O) groups is 1. The molecule has 4 nitrogen and oxygen atoms in total. The lowest BCUT2D eigenvalue weighted by Gasteiger charge is -2.11. The first-order chi connectivity index (χ1) is 10.2. The highest BCUT2D eigenvalue weighted by Crippen LogP contribution is 2.16. The Balaban J connectivity index is 1.60. The van der Waals surface area contributed by atoms with Crippen LogP contribution in [-0.2, 0) is 11.2 Å². The number of H-pyrrole nitrogens is 1. The number of rotatable bonds is 5. The fraction of sp³-hybridized carbons (Fsp3) is 0.250. The number of aromatic amines is 1. The summed E-state index contributed by atoms with van der Waals surface area (Å²) in [5.41, 5.74) is 1.92. The number of nitrogens with zero attached hydrogens (tertiary/aromatic N) is 1. The van der Waals surface area contributed by atoms with E-state index < -0.39 is 0 Å². The molecule has 2 heterocycles. The van der Waals surface area contributed by atoms with Crippen LogP contribution >= 0.6 is 11.3 Å². The zero-order valence-corrected chi connectivity index (χ0v) is 12.6. The fourth-order valence-corrected chi connectivity index (χ4v) is 2.96. The molecule has 0 spiro atoms. The summed E-state index contributed by atoms with van der Waals surface area (Å²) in [7, 11) is 0. The summed E-state index contributed by atoms with van der Waals surface area (Å²) in [5.74, 6) is 0.844. The third-order valence-electron chi connectivity index (χ3n) is 3.37. The molecule has 0 saturated carbocycles. The van der Waals surface area contributed by atoms with E-state index in [2.05, 4.69) is 21.4 Å². The molecule has 1 amide bonds. The minimum atomic E-state index is -0.117. The summed E-state index contributed by atoms with van der Waals surface area (Å²) in [6.45, 7) is 1.95. The molecule has 5 heteroatoms. The van der Waals surface area contributed by atoms with Crippen LogP contribution in [0.4, 0.5) is 0 Å². The number of nitrogens with one attached hydrogen (secondary N) is 2. The highest BCUT2D eigenvalue weighted by Gasteiger charge is 2.13. The van der Waals surface area contributed by atoms with Gasteiger partial charge in [-0.2, -0.15) is 0 Å². The van der Waals surface area contributed by atoms with Crippen molar-refractivity contribution >= 4 is 28.3 Å². The first-order valence-electron chi connectivity index (χ1n) is 6.99. The number of aryl methyl sites for hydroxylation is 1. The molecule has 2 aromatic heterocycles. The van der Waals surface area contributed by atoms with Gasteiger partial charge < -0.3 is 10.3 Å². The second kappa shape index (κ2) is 6.10. The molecule has 0 bridgehead atoms. The van der Waals surface area contributed by atoms with Crippen LogP contribution in [-0.4, -0.2) is 15.9 Å². The Hall–Kier alpha value is -2.14. The zero-order valence-electron chi connectivity index (χ0n) is 11.8. The molecule has 0 aliphatic carbocycles. The molecule has 0 radical (unpaired) electrons. The van der Waals surface area contributed by atoms with Gasteiger partial charge in [-0.1, -0.05) is 18.2 Å². The third kappa shape index (κ3) is 3.31. The molecular weight excluding hydrogens is 282 g/mol. The summed E-state index contributed by atoms with van der Waals surface area (Å²) in [4.78, 5) is 21.0. The zero-order chi connectivity index (χ0) is 14.7. The SMILES string of the molecule is C[C@H](NC(=O)CCc1cccs1)c1nc2ccccc2[nH]1. The van der Waals surface area contributed by atoms with Crippen LogP contribution in [0.1, 0.15) is 30.1 Å². The first kappa shape index (κ1) is 13.8. The Morgan fingerprint density at radius 2 is 2.19 bits per heavy atom. The molecule has 0 unspecified atom stereocenters. The van der Waals surface area contributed by atoms with Crippen molar-refractivity contribution in [2.75, 3.05) is 0 Å². The molecule has 108 valence electrons. The molecular formula is C16H17N3OS. The van der Waals surface area contributed by atoms with E-state index in [9.17, 15) is 4.79 Å². The first-order valence-corrected chi connectivity index (χ1v) is 7.87. The van der Waals surface area contributed by atoms with Crippen molar-refractivity contribution in [3.63, 3.8) is 0 Å². The van der Waals surface area contributed by atoms with Gasteiger partial charge in [0.2, 0.25) is 5.91 Å². The molecule has 3 rings (SSSR count). The van der Waals surface area contributed by atoms with Gasteiger partial charge in [0.25, 0.3) is 0 Å². The molecule has 0 saturated heterocycles. The summed E-state index contributed by atoms with van der Waals surface area (Å²) in [6, 6.07) is 11.8. The maximum Gasteiger partial charge on any atom is 0.220 e. The highest BCUT2D eigenvalue weighted by molar-refractivity contribution is 7.09. The van der Waals surface area contributed by atoms with Crippen molar-refractivity contribution in [1.29, 1.82) is 0 Å². The maximum atomic E-state index is 12.0. The number of thiophene rings is 1. The van der Waals surface area contributed by atoms with E-state index in [0.717, 1.165) is 23.3 Å². The van der Waals surface area contributed by atoms with Gasteiger partial charge in [0, 0.05) is 11.3 Å². The number of fused-ring (bicyclic) bond motifs is 1. The molecule has 3 aromatic rings. The predicted octanol–water partition coefficient (Wildman–Crippen LogP) is 3.43. The number of amides is 1. The van der Waals surface area contributed by atoms with Crippen molar-refractivity contribution in [3.05, 3.63) is 52.5 Å². The van der Waals surface area contributed by atoms with Crippen molar-refractivity contribution in [1.82, 2.24) is 15.3 Å². The molecule has 0 aliphatic rings. The maximum absolute atomic E-state index is 12.0. The van der Waals surface area contributed by atoms with Crippen LogP contribution in [0.5, 0.6) is 0 Å². The minimum absolute atomic E-state index is 0.0522. The number of benzene rings is 1. The average molecular weight is 299 g/mol.